The summed E-state index contributed by atoms with van der Waals surface area (Å²) in [7, 11) is 0. The Labute approximate surface area is 60.4 Å². The topological polar surface area (TPSA) is 12.0 Å². The van der Waals surface area contributed by atoms with Crippen molar-refractivity contribution >= 4 is 11.8 Å². The van der Waals surface area contributed by atoms with Gasteiger partial charge < -0.3 is 0 Å². The molecule has 0 spiro atoms. The number of aryl methyl sites for hydroxylation is 1. The van der Waals surface area contributed by atoms with Crippen molar-refractivity contribution in [2.24, 2.45) is 0 Å². The first-order valence-electron chi connectivity index (χ1n) is 3.32. The third kappa shape index (κ3) is 0.615. The molecule has 0 fully saturated rings. The predicted molar refractivity (Wildman–Crippen MR) is 42.5 cm³/mol. The summed E-state index contributed by atoms with van der Waals surface area (Å²) < 4.78 is 0. The van der Waals surface area contributed by atoms with E-state index in [1.165, 1.54) is 16.8 Å². The van der Waals surface area contributed by atoms with Gasteiger partial charge in [0.15, 0.2) is 11.3 Å². The van der Waals surface area contributed by atoms with Gasteiger partial charge in [0.25, 0.3) is 0 Å². The lowest BCUT2D eigenvalue weighted by Crippen LogP contribution is -1.84. The largest absolute Gasteiger partial charge is 0.198 e. The molecule has 1 nitrogen and oxygen atoms in total. The van der Waals surface area contributed by atoms with Crippen molar-refractivity contribution in [3.63, 3.8) is 0 Å². The fourth-order valence-electron chi connectivity index (χ4n) is 1.17. The lowest BCUT2D eigenvalue weighted by Gasteiger charge is -1.89. The molecule has 0 aromatic heterocycles. The van der Waals surface area contributed by atoms with Crippen LogP contribution in [0.25, 0.3) is 6.08 Å². The van der Waals surface area contributed by atoms with Gasteiger partial charge in [0.2, 0.25) is 0 Å². The first kappa shape index (κ1) is 5.45. The van der Waals surface area contributed by atoms with Crippen LogP contribution < -0.4 is 5.32 Å². The highest BCUT2D eigenvalue weighted by Gasteiger charge is 2.16. The second-order valence-electron chi connectivity index (χ2n) is 2.45. The number of benzene rings is 1. The summed E-state index contributed by atoms with van der Waals surface area (Å²) in [5, 5.41) is 3.04. The molecule has 2 rings (SSSR count). The van der Waals surface area contributed by atoms with Crippen LogP contribution in [-0.2, 0) is 0 Å². The van der Waals surface area contributed by atoms with Gasteiger partial charge in [-0.1, -0.05) is 0 Å². The van der Waals surface area contributed by atoms with Crippen LogP contribution in [-0.4, -0.2) is 0 Å². The molecule has 1 aromatic carbocycles. The van der Waals surface area contributed by atoms with E-state index in [1.807, 2.05) is 12.1 Å². The van der Waals surface area contributed by atoms with Gasteiger partial charge in [0.1, 0.15) is 12.3 Å². The van der Waals surface area contributed by atoms with Gasteiger partial charge in [0, 0.05) is 11.6 Å². The van der Waals surface area contributed by atoms with Gasteiger partial charge >= 0.3 is 0 Å². The van der Waals surface area contributed by atoms with E-state index < -0.39 is 0 Å². The van der Waals surface area contributed by atoms with Gasteiger partial charge in [0.05, 0.1) is 0 Å². The molecule has 0 unspecified atom stereocenters. The van der Waals surface area contributed by atoms with Crippen LogP contribution in [0.1, 0.15) is 11.1 Å². The summed E-state index contributed by atoms with van der Waals surface area (Å²) in [6, 6.07) is 6.20. The number of fused-ring (bicyclic) bond motifs is 1. The van der Waals surface area contributed by atoms with E-state index >= 15 is 0 Å². The Morgan fingerprint density at radius 2 is 2.30 bits per heavy atom. The van der Waals surface area contributed by atoms with Crippen molar-refractivity contribution in [3.05, 3.63) is 35.5 Å². The normalized spacial score (nSPS) is 12.1. The zero-order valence-corrected chi connectivity index (χ0v) is 5.81. The third-order valence-corrected chi connectivity index (χ3v) is 1.75. The maximum atomic E-state index is 3.04. The molecule has 0 saturated carbocycles. The molecule has 1 heterocycles. The molecule has 0 radical (unpaired) electrons. The zero-order chi connectivity index (χ0) is 6.97. The average molecular weight is 130 g/mol. The molecular formula is C9H8N+. The lowest BCUT2D eigenvalue weighted by atomic mass is 10.1. The van der Waals surface area contributed by atoms with E-state index in [4.69, 9.17) is 0 Å². The average Bonchev–Trinajstić information content (AvgIpc) is 2.36. The van der Waals surface area contributed by atoms with Crippen LogP contribution in [0.3, 0.4) is 0 Å². The Morgan fingerprint density at radius 1 is 1.40 bits per heavy atom. The lowest BCUT2D eigenvalue weighted by molar-refractivity contribution is 1.45. The number of nitrogens with one attached hydrogen (secondary N) is 1. The van der Waals surface area contributed by atoms with Crippen LogP contribution in [0.5, 0.6) is 0 Å². The van der Waals surface area contributed by atoms with Crippen molar-refractivity contribution in [1.82, 2.24) is 0 Å². The highest BCUT2D eigenvalue weighted by atomic mass is 14.9. The number of hydrogen-bond acceptors (Lipinski definition) is 1. The Hall–Kier alpha value is -1.33. The third-order valence-electron chi connectivity index (χ3n) is 1.75. The second kappa shape index (κ2) is 1.83. The Balaban J connectivity index is 2.67. The van der Waals surface area contributed by atoms with Crippen molar-refractivity contribution < 1.29 is 0 Å². The summed E-state index contributed by atoms with van der Waals surface area (Å²) in [4.78, 5) is 0. The van der Waals surface area contributed by atoms with Gasteiger partial charge in [-0.2, -0.15) is 5.32 Å². The smallest absolute Gasteiger partial charge is 0.197 e. The molecule has 0 saturated heterocycles. The molecule has 1 heteroatoms. The zero-order valence-electron chi connectivity index (χ0n) is 5.81. The molecule has 10 heavy (non-hydrogen) atoms. The van der Waals surface area contributed by atoms with E-state index in [2.05, 4.69) is 30.6 Å². The van der Waals surface area contributed by atoms with E-state index in [1.54, 1.807) is 0 Å². The fraction of sp³-hybridized carbons (Fsp3) is 0.111. The highest BCUT2D eigenvalue weighted by Crippen LogP contribution is 2.24. The van der Waals surface area contributed by atoms with Crippen LogP contribution >= 0.6 is 0 Å². The molecule has 1 aliphatic rings. The van der Waals surface area contributed by atoms with Crippen LogP contribution in [0, 0.1) is 13.1 Å². The summed E-state index contributed by atoms with van der Waals surface area (Å²) in [5.41, 5.74) is 3.73. The summed E-state index contributed by atoms with van der Waals surface area (Å²) >= 11 is 0. The van der Waals surface area contributed by atoms with E-state index in [-0.39, 0.29) is 0 Å². The minimum atomic E-state index is 1.17. The van der Waals surface area contributed by atoms with E-state index in [0.29, 0.717) is 0 Å². The monoisotopic (exact) mass is 130 g/mol. The van der Waals surface area contributed by atoms with Gasteiger partial charge in [-0.25, -0.2) is 0 Å². The van der Waals surface area contributed by atoms with E-state index in [9.17, 15) is 0 Å². The van der Waals surface area contributed by atoms with Crippen molar-refractivity contribution in [1.29, 1.82) is 0 Å². The van der Waals surface area contributed by atoms with Crippen molar-refractivity contribution in [2.45, 2.75) is 6.92 Å². The Bertz CT molecular complexity index is 287. The van der Waals surface area contributed by atoms with Gasteiger partial charge in [-0.15, -0.1) is 0 Å². The highest BCUT2D eigenvalue weighted by molar-refractivity contribution is 5.74. The summed E-state index contributed by atoms with van der Waals surface area (Å²) in [6.07, 6.45) is 4.93. The molecule has 1 aromatic rings. The summed E-state index contributed by atoms with van der Waals surface area (Å²) in [6.45, 7) is 2.10. The predicted octanol–water partition coefficient (Wildman–Crippen LogP) is 2.19. The molecule has 0 aliphatic carbocycles. The van der Waals surface area contributed by atoms with Gasteiger partial charge in [-0.3, -0.25) is 0 Å². The van der Waals surface area contributed by atoms with Crippen LogP contribution in [0.4, 0.5) is 5.69 Å². The number of rotatable bonds is 0. The molecule has 1 N–H and O–H groups in total. The summed E-state index contributed by atoms with van der Waals surface area (Å²) in [5.74, 6) is 0. The van der Waals surface area contributed by atoms with Crippen LogP contribution in [0.2, 0.25) is 0 Å². The first-order valence-corrected chi connectivity index (χ1v) is 3.32. The SMILES string of the molecule is Cc1cccc2c1C=[C+]N2. The Kier molecular flexibility index (Phi) is 0.996. The Morgan fingerprint density at radius 3 is 3.10 bits per heavy atom. The number of hydrogen-bond donors (Lipinski definition) is 1. The van der Waals surface area contributed by atoms with Crippen molar-refractivity contribution in [2.75, 3.05) is 5.32 Å². The van der Waals surface area contributed by atoms with Crippen LogP contribution in [0.15, 0.2) is 18.2 Å². The molecule has 1 aliphatic heterocycles. The standard InChI is InChI=1S/C9H8N/c1-7-3-2-4-9-8(7)5-6-10-9/h2-5,10H,1H3/q+1. The second-order valence-corrected chi connectivity index (χ2v) is 2.45. The minimum Gasteiger partial charge on any atom is -0.197 e. The minimum absolute atomic E-state index is 1.17. The van der Waals surface area contributed by atoms with E-state index in [0.717, 1.165) is 0 Å². The van der Waals surface area contributed by atoms with Gasteiger partial charge in [-0.05, 0) is 19.1 Å². The molecular weight excluding hydrogens is 122 g/mol. The number of anilines is 1. The molecule has 0 atom stereocenters. The maximum absolute atomic E-state index is 3.04. The molecule has 48 valence electrons. The quantitative estimate of drug-likeness (QED) is 0.531. The fourth-order valence-corrected chi connectivity index (χ4v) is 1.17. The maximum Gasteiger partial charge on any atom is 0.198 e. The molecule has 0 amide bonds. The van der Waals surface area contributed by atoms with Crippen molar-refractivity contribution in [3.8, 4) is 0 Å². The first-order chi connectivity index (χ1) is 4.88. The molecule has 0 bridgehead atoms.